The van der Waals surface area contributed by atoms with Crippen molar-refractivity contribution in [2.75, 3.05) is 0 Å². The van der Waals surface area contributed by atoms with Crippen LogP contribution in [0.5, 0.6) is 0 Å². The van der Waals surface area contributed by atoms with Crippen LogP contribution in [0.3, 0.4) is 0 Å². The predicted octanol–water partition coefficient (Wildman–Crippen LogP) is 11.5. The lowest BCUT2D eigenvalue weighted by atomic mass is 9.83. The Morgan fingerprint density at radius 2 is 1.00 bits per heavy atom. The van der Waals surface area contributed by atoms with Crippen molar-refractivity contribution in [1.82, 2.24) is 0 Å². The Labute approximate surface area is 249 Å². The maximum atomic E-state index is 9.66. The number of hydrogen-bond acceptors (Lipinski definition) is 1. The highest BCUT2D eigenvalue weighted by Gasteiger charge is 2.19. The molecule has 0 bridgehead atoms. The van der Waals surface area contributed by atoms with Gasteiger partial charge in [-0.1, -0.05) is 121 Å². The molecule has 0 amide bonds. The molecule has 0 aliphatic rings. The highest BCUT2D eigenvalue weighted by Crippen LogP contribution is 2.47. The minimum atomic E-state index is -0.536. The van der Waals surface area contributed by atoms with E-state index in [4.69, 9.17) is 15.4 Å². The summed E-state index contributed by atoms with van der Waals surface area (Å²) in [5.41, 5.74) is 4.16. The third-order valence-corrected chi connectivity index (χ3v) is 7.97. The van der Waals surface area contributed by atoms with E-state index in [0.717, 1.165) is 54.6 Å². The predicted molar refractivity (Wildman–Crippen MR) is 175 cm³/mol. The van der Waals surface area contributed by atoms with Gasteiger partial charge >= 0.3 is 0 Å². The smallest absolute Gasteiger partial charge is 0.135 e. The number of hydrogen-bond donors (Lipinski definition) is 0. The van der Waals surface area contributed by atoms with Gasteiger partial charge in [0.05, 0.1) is 12.3 Å². The zero-order chi connectivity index (χ0) is 34.7. The lowest BCUT2D eigenvalue weighted by Gasteiger charge is -2.19. The number of rotatable bonds is 2. The van der Waals surface area contributed by atoms with Crippen LogP contribution >= 0.6 is 0 Å². The largest absolute Gasteiger partial charge is 0.456 e. The lowest BCUT2D eigenvalue weighted by Crippen LogP contribution is -1.92. The number of benzene rings is 8. The number of furan rings is 1. The first kappa shape index (κ1) is 15.4. The van der Waals surface area contributed by atoms with Crippen molar-refractivity contribution >= 4 is 65.0 Å². The third-order valence-electron chi connectivity index (χ3n) is 7.97. The topological polar surface area (TPSA) is 13.1 Å². The van der Waals surface area contributed by atoms with Crippen molar-refractivity contribution in [3.05, 3.63) is 145 Å². The van der Waals surface area contributed by atoms with Gasteiger partial charge < -0.3 is 4.42 Å². The lowest BCUT2D eigenvalue weighted by molar-refractivity contribution is 0.669. The van der Waals surface area contributed by atoms with Gasteiger partial charge in [0.1, 0.15) is 11.2 Å². The van der Waals surface area contributed by atoms with Gasteiger partial charge in [-0.15, -0.1) is 0 Å². The number of para-hydroxylation sites is 1. The summed E-state index contributed by atoms with van der Waals surface area (Å²) in [6, 6.07) is 25.4. The highest BCUT2D eigenvalue weighted by molar-refractivity contribution is 6.26. The molecule has 0 saturated heterocycles. The summed E-state index contributed by atoms with van der Waals surface area (Å²) >= 11 is 0. The first-order chi connectivity index (χ1) is 24.1. The molecule has 1 aromatic heterocycles. The Bertz CT molecular complexity index is 2920. The molecule has 0 aliphatic carbocycles. The van der Waals surface area contributed by atoms with Gasteiger partial charge in [-0.3, -0.25) is 0 Å². The molecule has 0 saturated carbocycles. The summed E-state index contributed by atoms with van der Waals surface area (Å²) in [5, 5.41) is 4.89. The van der Waals surface area contributed by atoms with Crippen molar-refractivity contribution in [2.45, 2.75) is 0 Å². The molecule has 8 aromatic carbocycles. The Morgan fingerprint density at radius 3 is 1.73 bits per heavy atom. The minimum absolute atomic E-state index is 0.0351. The van der Waals surface area contributed by atoms with Crippen LogP contribution in [0.25, 0.3) is 87.3 Å². The third kappa shape index (κ3) is 3.24. The molecule has 1 nitrogen and oxygen atoms in total. The Kier molecular flexibility index (Phi) is 3.21. The summed E-state index contributed by atoms with van der Waals surface area (Å²) in [6.45, 7) is 0. The standard InChI is InChI=1S/C40H24O/c1-2-12-27-25(11-1)23-36(29-14-4-3-13-28(27)29)40-33-18-7-5-16-31(33)39(32-17-6-8-19-34(32)40)26-21-22-38-35(24-26)30-15-9-10-20-37(30)41-38/h1-24H/i1D,2D,3D,4D,11D,12D,13D,14D,23D. The fourth-order valence-corrected chi connectivity index (χ4v) is 6.25. The molecule has 1 heterocycles. The van der Waals surface area contributed by atoms with Gasteiger partial charge in [0, 0.05) is 10.8 Å². The minimum Gasteiger partial charge on any atom is -0.456 e. The fourth-order valence-electron chi connectivity index (χ4n) is 6.25. The van der Waals surface area contributed by atoms with E-state index in [-0.39, 0.29) is 39.2 Å². The molecule has 0 radical (unpaired) electrons. The van der Waals surface area contributed by atoms with Crippen LogP contribution in [-0.4, -0.2) is 0 Å². The van der Waals surface area contributed by atoms with E-state index in [9.17, 15) is 1.37 Å². The fraction of sp³-hybridized carbons (Fsp3) is 0. The molecular weight excluding hydrogens is 496 g/mol. The molecule has 0 aliphatic heterocycles. The van der Waals surface area contributed by atoms with Gasteiger partial charge in [-0.05, 0) is 89.6 Å². The quantitative estimate of drug-likeness (QED) is 0.160. The molecule has 1 heteroatoms. The molecule has 190 valence electrons. The van der Waals surface area contributed by atoms with E-state index in [1.54, 1.807) is 0 Å². The molecule has 0 unspecified atom stereocenters. The monoisotopic (exact) mass is 529 g/mol. The maximum Gasteiger partial charge on any atom is 0.135 e. The normalized spacial score (nSPS) is 15.0. The van der Waals surface area contributed by atoms with E-state index < -0.39 is 42.3 Å². The SMILES string of the molecule is [2H]c1c([2H])c([2H])c2c(c1[2H])c([2H])c(-c1c3ccccc3c(-c3ccc4oc5ccccc5c4c3)c3ccccc13)c1c([2H])c([2H])c([2H])c([2H])c12. The van der Waals surface area contributed by atoms with Gasteiger partial charge in [0.25, 0.3) is 0 Å². The number of fused-ring (bicyclic) bond motifs is 8. The molecule has 9 rings (SSSR count). The zero-order valence-corrected chi connectivity index (χ0v) is 21.6. The second-order valence-corrected chi connectivity index (χ2v) is 10.2. The Balaban J connectivity index is 1.52. The van der Waals surface area contributed by atoms with E-state index in [0.29, 0.717) is 5.56 Å². The van der Waals surface area contributed by atoms with Crippen LogP contribution in [0.15, 0.2) is 150 Å². The van der Waals surface area contributed by atoms with Crippen molar-refractivity contribution in [3.63, 3.8) is 0 Å². The van der Waals surface area contributed by atoms with E-state index in [1.807, 2.05) is 84.9 Å². The van der Waals surface area contributed by atoms with Crippen LogP contribution in [0.1, 0.15) is 12.3 Å². The van der Waals surface area contributed by atoms with Gasteiger partial charge in [-0.2, -0.15) is 0 Å². The molecule has 9 aromatic rings. The van der Waals surface area contributed by atoms with E-state index in [1.165, 1.54) is 0 Å². The summed E-state index contributed by atoms with van der Waals surface area (Å²) in [4.78, 5) is 0. The van der Waals surface area contributed by atoms with Crippen LogP contribution < -0.4 is 0 Å². The molecule has 41 heavy (non-hydrogen) atoms. The molecule has 0 N–H and O–H groups in total. The molecule has 0 atom stereocenters. The first-order valence-corrected chi connectivity index (χ1v) is 13.4. The highest BCUT2D eigenvalue weighted by atomic mass is 16.3. The Morgan fingerprint density at radius 1 is 0.439 bits per heavy atom. The van der Waals surface area contributed by atoms with Gasteiger partial charge in [0.15, 0.2) is 0 Å². The van der Waals surface area contributed by atoms with E-state index in [2.05, 4.69) is 6.07 Å². The second-order valence-electron chi connectivity index (χ2n) is 10.2. The van der Waals surface area contributed by atoms with Crippen molar-refractivity contribution in [3.8, 4) is 22.3 Å². The second kappa shape index (κ2) is 8.55. The van der Waals surface area contributed by atoms with Crippen molar-refractivity contribution in [1.29, 1.82) is 0 Å². The van der Waals surface area contributed by atoms with Crippen molar-refractivity contribution < 1.29 is 16.8 Å². The van der Waals surface area contributed by atoms with Gasteiger partial charge in [-0.25, -0.2) is 0 Å². The van der Waals surface area contributed by atoms with E-state index >= 15 is 0 Å². The summed E-state index contributed by atoms with van der Waals surface area (Å²) in [7, 11) is 0. The first-order valence-electron chi connectivity index (χ1n) is 17.9. The van der Waals surface area contributed by atoms with Crippen molar-refractivity contribution in [2.24, 2.45) is 0 Å². The Hall–Kier alpha value is -5.40. The molecule has 0 spiro atoms. The molecule has 0 fully saturated rings. The summed E-state index contributed by atoms with van der Waals surface area (Å²) in [5.74, 6) is 0. The summed E-state index contributed by atoms with van der Waals surface area (Å²) < 4.78 is 85.7. The summed E-state index contributed by atoms with van der Waals surface area (Å²) in [6.07, 6.45) is 0. The average molecular weight is 530 g/mol. The van der Waals surface area contributed by atoms with Crippen LogP contribution in [0.4, 0.5) is 0 Å². The average Bonchev–Trinajstić information content (AvgIpc) is 3.51. The zero-order valence-electron chi connectivity index (χ0n) is 30.6. The van der Waals surface area contributed by atoms with Gasteiger partial charge in [0.2, 0.25) is 0 Å². The molecular formula is C40H24O. The van der Waals surface area contributed by atoms with Crippen LogP contribution in [-0.2, 0) is 0 Å². The maximum absolute atomic E-state index is 9.66. The van der Waals surface area contributed by atoms with Crippen LogP contribution in [0.2, 0.25) is 0 Å². The van der Waals surface area contributed by atoms with Crippen LogP contribution in [0, 0.1) is 0 Å².